The number of nitrogens with zero attached hydrogens (tertiary/aromatic N) is 5. The lowest BCUT2D eigenvalue weighted by atomic mass is 10.1. The fourth-order valence-corrected chi connectivity index (χ4v) is 5.18. The highest BCUT2D eigenvalue weighted by atomic mass is 35.5. The molecule has 7 nitrogen and oxygen atoms in total. The maximum absolute atomic E-state index is 11.0. The van der Waals surface area contributed by atoms with Crippen LogP contribution in [0.15, 0.2) is 30.9 Å². The number of rotatable bonds is 3. The maximum Gasteiger partial charge on any atom is 0.138 e. The Labute approximate surface area is 170 Å². The van der Waals surface area contributed by atoms with Crippen molar-refractivity contribution in [3.63, 3.8) is 0 Å². The Bertz CT molecular complexity index is 1180. The molecule has 0 spiro atoms. The number of aromatic nitrogens is 5. The number of H-pyrrole nitrogens is 1. The number of fused-ring (bicyclic) bond motifs is 1. The summed E-state index contributed by atoms with van der Waals surface area (Å²) in [4.78, 5) is 15.4. The summed E-state index contributed by atoms with van der Waals surface area (Å²) >= 11 is 8.03. The number of thiazole rings is 1. The number of pyridine rings is 1. The average molecular weight is 415 g/mol. The molecule has 0 amide bonds. The van der Waals surface area contributed by atoms with Crippen molar-refractivity contribution >= 4 is 34.0 Å². The summed E-state index contributed by atoms with van der Waals surface area (Å²) in [7, 11) is 3.90. The van der Waals surface area contributed by atoms with E-state index < -0.39 is 5.60 Å². The first-order chi connectivity index (χ1) is 13.4. The van der Waals surface area contributed by atoms with Crippen molar-refractivity contribution in [2.24, 2.45) is 7.05 Å². The molecule has 0 bridgehead atoms. The van der Waals surface area contributed by atoms with Crippen LogP contribution in [0.3, 0.4) is 0 Å². The van der Waals surface area contributed by atoms with Crippen LogP contribution in [-0.4, -0.2) is 54.9 Å². The van der Waals surface area contributed by atoms with Gasteiger partial charge in [0.2, 0.25) is 0 Å². The molecule has 0 radical (unpaired) electrons. The molecule has 2 N–H and O–H groups in total. The molecule has 1 saturated heterocycles. The molecule has 5 rings (SSSR count). The molecule has 28 heavy (non-hydrogen) atoms. The molecule has 5 heterocycles. The van der Waals surface area contributed by atoms with Crippen LogP contribution in [0.1, 0.15) is 11.4 Å². The SMILES string of the molecule is CN1CCC(O)(c2ncc(-c3c(Cl)cnc4[nH]c(-c5cnn(C)c5)cc34)s2)C1. The molecular weight excluding hydrogens is 396 g/mol. The number of β-amino-alcohol motifs (C(OH)–C–C–N with tert-alkyl or cyclic N) is 1. The Morgan fingerprint density at radius 1 is 1.25 bits per heavy atom. The van der Waals surface area contributed by atoms with Crippen LogP contribution >= 0.6 is 22.9 Å². The van der Waals surface area contributed by atoms with Gasteiger partial charge in [-0.2, -0.15) is 5.10 Å². The second-order valence-corrected chi connectivity index (χ2v) is 8.82. The Morgan fingerprint density at radius 2 is 2.11 bits per heavy atom. The third-order valence-electron chi connectivity index (χ3n) is 5.22. The Hall–Kier alpha value is -2.26. The summed E-state index contributed by atoms with van der Waals surface area (Å²) in [6, 6.07) is 2.04. The summed E-state index contributed by atoms with van der Waals surface area (Å²) in [5, 5.41) is 17.4. The van der Waals surface area contributed by atoms with Crippen LogP contribution < -0.4 is 0 Å². The fraction of sp³-hybridized carbons (Fsp3) is 0.316. The number of aryl methyl sites for hydroxylation is 1. The minimum absolute atomic E-state index is 0.565. The third-order valence-corrected chi connectivity index (χ3v) is 6.71. The monoisotopic (exact) mass is 414 g/mol. The third kappa shape index (κ3) is 2.84. The van der Waals surface area contributed by atoms with E-state index in [1.165, 1.54) is 11.3 Å². The largest absolute Gasteiger partial charge is 0.381 e. The topological polar surface area (TPSA) is 82.9 Å². The average Bonchev–Trinajstić information content (AvgIpc) is 3.41. The van der Waals surface area contributed by atoms with Gasteiger partial charge < -0.3 is 15.0 Å². The van der Waals surface area contributed by atoms with Crippen LogP contribution in [0.25, 0.3) is 32.7 Å². The summed E-state index contributed by atoms with van der Waals surface area (Å²) in [6.07, 6.45) is 7.89. The molecule has 1 fully saturated rings. The van der Waals surface area contributed by atoms with Crippen molar-refractivity contribution in [3.8, 4) is 21.7 Å². The highest BCUT2D eigenvalue weighted by molar-refractivity contribution is 7.15. The summed E-state index contributed by atoms with van der Waals surface area (Å²) in [5.41, 5.74) is 2.66. The highest BCUT2D eigenvalue weighted by Gasteiger charge is 2.39. The van der Waals surface area contributed by atoms with E-state index in [-0.39, 0.29) is 0 Å². The number of likely N-dealkylation sites (N-methyl/N-ethyl adjacent to an activating group) is 1. The van der Waals surface area contributed by atoms with Crippen LogP contribution in [0.5, 0.6) is 0 Å². The first kappa shape index (κ1) is 17.8. The Morgan fingerprint density at radius 3 is 2.82 bits per heavy atom. The van der Waals surface area contributed by atoms with Gasteiger partial charge in [0.1, 0.15) is 16.3 Å². The number of aromatic amines is 1. The lowest BCUT2D eigenvalue weighted by molar-refractivity contribution is 0.0486. The molecule has 9 heteroatoms. The van der Waals surface area contributed by atoms with Crippen molar-refractivity contribution in [2.45, 2.75) is 12.0 Å². The summed E-state index contributed by atoms with van der Waals surface area (Å²) in [6.45, 7) is 1.45. The second-order valence-electron chi connectivity index (χ2n) is 7.38. The number of nitrogens with one attached hydrogen (secondary N) is 1. The Balaban J connectivity index is 1.61. The maximum atomic E-state index is 11.0. The number of halogens is 1. The molecule has 1 aliphatic rings. The second kappa shape index (κ2) is 6.38. The number of aliphatic hydroxyl groups is 1. The van der Waals surface area contributed by atoms with Crippen LogP contribution in [0.2, 0.25) is 5.02 Å². The molecule has 1 aliphatic heterocycles. The molecule has 1 unspecified atom stereocenters. The first-order valence-electron chi connectivity index (χ1n) is 8.97. The zero-order valence-corrected chi connectivity index (χ0v) is 17.0. The lowest BCUT2D eigenvalue weighted by Crippen LogP contribution is -2.28. The summed E-state index contributed by atoms with van der Waals surface area (Å²) in [5.74, 6) is 0. The van der Waals surface area contributed by atoms with E-state index in [0.29, 0.717) is 18.0 Å². The molecular formula is C19H19ClN6OS. The molecule has 0 saturated carbocycles. The number of likely N-dealkylation sites (tertiary alicyclic amines) is 1. The molecule has 1 atom stereocenters. The van der Waals surface area contributed by atoms with Gasteiger partial charge in [0.25, 0.3) is 0 Å². The number of hydrogen-bond donors (Lipinski definition) is 2. The van der Waals surface area contributed by atoms with Gasteiger partial charge in [0, 0.05) is 55.2 Å². The van der Waals surface area contributed by atoms with Crippen molar-refractivity contribution in [1.29, 1.82) is 0 Å². The van der Waals surface area contributed by atoms with Gasteiger partial charge in [-0.05, 0) is 19.5 Å². The minimum atomic E-state index is -0.894. The lowest BCUT2D eigenvalue weighted by Gasteiger charge is -2.19. The highest BCUT2D eigenvalue weighted by Crippen LogP contribution is 2.42. The molecule has 0 aromatic carbocycles. The summed E-state index contributed by atoms with van der Waals surface area (Å²) < 4.78 is 1.76. The van der Waals surface area contributed by atoms with Gasteiger partial charge in [-0.25, -0.2) is 9.97 Å². The zero-order valence-electron chi connectivity index (χ0n) is 15.5. The standard InChI is InChI=1S/C19H19ClN6OS/c1-25-4-3-19(27,10-25)18-22-8-15(28-18)16-12-5-14(11-6-23-26(2)9-11)24-17(12)21-7-13(16)20/h5-9,27H,3-4,10H2,1-2H3,(H,21,24). The quantitative estimate of drug-likeness (QED) is 0.537. The van der Waals surface area contributed by atoms with E-state index >= 15 is 0 Å². The Kier molecular flexibility index (Phi) is 4.06. The van der Waals surface area contributed by atoms with Gasteiger partial charge in [-0.3, -0.25) is 4.68 Å². The van der Waals surface area contributed by atoms with E-state index in [1.54, 1.807) is 17.1 Å². The smallest absolute Gasteiger partial charge is 0.138 e. The predicted molar refractivity (Wildman–Crippen MR) is 110 cm³/mol. The predicted octanol–water partition coefficient (Wildman–Crippen LogP) is 3.26. The van der Waals surface area contributed by atoms with Crippen LogP contribution in [0.4, 0.5) is 0 Å². The zero-order chi connectivity index (χ0) is 19.5. The fourth-order valence-electron chi connectivity index (χ4n) is 3.78. The van der Waals surface area contributed by atoms with Crippen molar-refractivity contribution in [3.05, 3.63) is 40.9 Å². The van der Waals surface area contributed by atoms with Crippen molar-refractivity contribution < 1.29 is 5.11 Å². The van der Waals surface area contributed by atoms with E-state index in [4.69, 9.17) is 11.6 Å². The molecule has 4 aromatic rings. The van der Waals surface area contributed by atoms with E-state index in [1.807, 2.05) is 32.6 Å². The van der Waals surface area contributed by atoms with Gasteiger partial charge in [0.05, 0.1) is 21.8 Å². The van der Waals surface area contributed by atoms with Crippen LogP contribution in [-0.2, 0) is 12.6 Å². The van der Waals surface area contributed by atoms with Gasteiger partial charge in [0.15, 0.2) is 0 Å². The van der Waals surface area contributed by atoms with Crippen molar-refractivity contribution in [1.82, 2.24) is 29.6 Å². The number of hydrogen-bond acceptors (Lipinski definition) is 6. The normalized spacial score (nSPS) is 20.4. The first-order valence-corrected chi connectivity index (χ1v) is 10.2. The molecule has 4 aromatic heterocycles. The minimum Gasteiger partial charge on any atom is -0.381 e. The van der Waals surface area contributed by atoms with E-state index in [0.717, 1.165) is 44.3 Å². The van der Waals surface area contributed by atoms with E-state index in [2.05, 4.69) is 25.0 Å². The van der Waals surface area contributed by atoms with Crippen molar-refractivity contribution in [2.75, 3.05) is 20.1 Å². The van der Waals surface area contributed by atoms with Gasteiger partial charge in [-0.1, -0.05) is 11.6 Å². The van der Waals surface area contributed by atoms with Gasteiger partial charge >= 0.3 is 0 Å². The van der Waals surface area contributed by atoms with E-state index in [9.17, 15) is 5.11 Å². The molecule has 144 valence electrons. The molecule has 0 aliphatic carbocycles. The van der Waals surface area contributed by atoms with Gasteiger partial charge in [-0.15, -0.1) is 11.3 Å². The van der Waals surface area contributed by atoms with Crippen LogP contribution in [0, 0.1) is 0 Å².